The molecule has 1 fully saturated rings. The molecule has 6 heteroatoms. The number of thioether (sulfide) groups is 1. The molecule has 1 aromatic carbocycles. The maximum atomic E-state index is 12.1. The van der Waals surface area contributed by atoms with Gasteiger partial charge in [0.15, 0.2) is 0 Å². The van der Waals surface area contributed by atoms with Gasteiger partial charge in [0.25, 0.3) is 0 Å². The number of aryl methyl sites for hydroxylation is 1. The quantitative estimate of drug-likeness (QED) is 0.777. The van der Waals surface area contributed by atoms with Gasteiger partial charge in [-0.25, -0.2) is 0 Å². The molecule has 1 aliphatic heterocycles. The molecule has 5 nitrogen and oxygen atoms in total. The summed E-state index contributed by atoms with van der Waals surface area (Å²) in [6.45, 7) is 3.48. The molecule has 1 saturated heterocycles. The fourth-order valence-corrected chi connectivity index (χ4v) is 3.52. The number of benzene rings is 1. The largest absolute Gasteiger partial charge is 0.383 e. The number of hydrogen-bond donors (Lipinski definition) is 1. The molecule has 1 heterocycles. The lowest BCUT2D eigenvalue weighted by atomic mass is 10.1. The van der Waals surface area contributed by atoms with Gasteiger partial charge in [0, 0.05) is 26.6 Å². The van der Waals surface area contributed by atoms with Gasteiger partial charge in [0.05, 0.1) is 12.4 Å². The van der Waals surface area contributed by atoms with Crippen LogP contribution in [0, 0.1) is 6.92 Å². The number of rotatable bonds is 7. The van der Waals surface area contributed by atoms with E-state index in [1.165, 1.54) is 5.56 Å². The van der Waals surface area contributed by atoms with E-state index in [4.69, 9.17) is 4.74 Å². The average molecular weight is 322 g/mol. The van der Waals surface area contributed by atoms with Gasteiger partial charge in [-0.05, 0) is 12.5 Å². The second-order valence-electron chi connectivity index (χ2n) is 5.25. The summed E-state index contributed by atoms with van der Waals surface area (Å²) in [5.41, 5.74) is 2.31. The summed E-state index contributed by atoms with van der Waals surface area (Å²) in [4.78, 5) is 25.6. The van der Waals surface area contributed by atoms with Crippen LogP contribution in [-0.4, -0.2) is 49.3 Å². The van der Waals surface area contributed by atoms with Gasteiger partial charge in [-0.1, -0.05) is 29.8 Å². The number of nitrogens with zero attached hydrogens (tertiary/aromatic N) is 1. The normalized spacial score (nSPS) is 17.8. The van der Waals surface area contributed by atoms with Gasteiger partial charge >= 0.3 is 0 Å². The molecule has 2 rings (SSSR count). The van der Waals surface area contributed by atoms with E-state index >= 15 is 0 Å². The Morgan fingerprint density at radius 3 is 2.82 bits per heavy atom. The maximum Gasteiger partial charge on any atom is 0.233 e. The van der Waals surface area contributed by atoms with Gasteiger partial charge in [0.1, 0.15) is 5.37 Å². The van der Waals surface area contributed by atoms with E-state index in [0.717, 1.165) is 5.56 Å². The average Bonchev–Trinajstić information content (AvgIpc) is 2.87. The van der Waals surface area contributed by atoms with Crippen LogP contribution in [0.4, 0.5) is 0 Å². The van der Waals surface area contributed by atoms with E-state index in [-0.39, 0.29) is 17.2 Å². The number of methoxy groups -OCH3 is 1. The lowest BCUT2D eigenvalue weighted by Gasteiger charge is -2.24. The molecule has 0 saturated carbocycles. The van der Waals surface area contributed by atoms with Crippen molar-refractivity contribution < 1.29 is 14.3 Å². The van der Waals surface area contributed by atoms with E-state index in [1.54, 1.807) is 23.8 Å². The zero-order chi connectivity index (χ0) is 15.9. The highest BCUT2D eigenvalue weighted by molar-refractivity contribution is 8.00. The van der Waals surface area contributed by atoms with Crippen LogP contribution in [0.5, 0.6) is 0 Å². The molecule has 0 aromatic heterocycles. The first-order chi connectivity index (χ1) is 10.6. The van der Waals surface area contributed by atoms with Gasteiger partial charge in [0.2, 0.25) is 11.8 Å². The van der Waals surface area contributed by atoms with Gasteiger partial charge in [-0.3, -0.25) is 9.59 Å². The van der Waals surface area contributed by atoms with Crippen LogP contribution in [0.15, 0.2) is 24.3 Å². The Labute approximate surface area is 135 Å². The molecular formula is C16H22N2O3S. The van der Waals surface area contributed by atoms with Crippen molar-refractivity contribution in [3.63, 3.8) is 0 Å². The molecule has 2 amide bonds. The van der Waals surface area contributed by atoms with Crippen molar-refractivity contribution >= 4 is 23.6 Å². The van der Waals surface area contributed by atoms with Gasteiger partial charge in [-0.15, -0.1) is 11.8 Å². The smallest absolute Gasteiger partial charge is 0.233 e. The van der Waals surface area contributed by atoms with E-state index in [9.17, 15) is 9.59 Å². The molecular weight excluding hydrogens is 300 g/mol. The molecule has 120 valence electrons. The molecule has 1 aliphatic rings. The fourth-order valence-electron chi connectivity index (χ4n) is 2.31. The van der Waals surface area contributed by atoms with Crippen molar-refractivity contribution in [2.75, 3.05) is 32.6 Å². The van der Waals surface area contributed by atoms with Crippen LogP contribution in [0.1, 0.15) is 22.9 Å². The summed E-state index contributed by atoms with van der Waals surface area (Å²) >= 11 is 1.62. The fraction of sp³-hybridized carbons (Fsp3) is 0.500. The molecule has 1 atom stereocenters. The van der Waals surface area contributed by atoms with Crippen molar-refractivity contribution in [2.24, 2.45) is 0 Å². The Kier molecular flexibility index (Phi) is 6.27. The molecule has 1 N–H and O–H groups in total. The van der Waals surface area contributed by atoms with Crippen LogP contribution < -0.4 is 5.32 Å². The second kappa shape index (κ2) is 8.19. The molecule has 0 unspecified atom stereocenters. The molecule has 0 radical (unpaired) electrons. The van der Waals surface area contributed by atoms with Crippen molar-refractivity contribution in [1.29, 1.82) is 0 Å². The summed E-state index contributed by atoms with van der Waals surface area (Å²) in [7, 11) is 1.60. The molecule has 1 aromatic rings. The maximum absolute atomic E-state index is 12.1. The van der Waals surface area contributed by atoms with Gasteiger partial charge < -0.3 is 15.0 Å². The minimum absolute atomic E-state index is 0.0138. The van der Waals surface area contributed by atoms with Crippen LogP contribution in [0.3, 0.4) is 0 Å². The van der Waals surface area contributed by atoms with Gasteiger partial charge in [-0.2, -0.15) is 0 Å². The summed E-state index contributed by atoms with van der Waals surface area (Å²) in [6.07, 6.45) is 0.318. The third-order valence-electron chi connectivity index (χ3n) is 3.54. The number of amides is 2. The Bertz CT molecular complexity index is 519. The lowest BCUT2D eigenvalue weighted by molar-refractivity contribution is -0.129. The lowest BCUT2D eigenvalue weighted by Crippen LogP contribution is -2.34. The zero-order valence-corrected chi connectivity index (χ0v) is 13.8. The van der Waals surface area contributed by atoms with E-state index < -0.39 is 0 Å². The monoisotopic (exact) mass is 322 g/mol. The highest BCUT2D eigenvalue weighted by atomic mass is 32.2. The van der Waals surface area contributed by atoms with Crippen LogP contribution in [0.2, 0.25) is 0 Å². The predicted octanol–water partition coefficient (Wildman–Crippen LogP) is 1.72. The highest BCUT2D eigenvalue weighted by Gasteiger charge is 2.32. The summed E-state index contributed by atoms with van der Waals surface area (Å²) in [6, 6.07) is 8.21. The standard InChI is InChI=1S/C16H22N2O3S/c1-12-3-5-13(6-4-12)16-18(15(20)11-22-16)9-7-14(19)17-8-10-21-2/h3-6,16H,7-11H2,1-2H3,(H,17,19)/t16-/m0/s1. The number of hydrogen-bond acceptors (Lipinski definition) is 4. The first kappa shape index (κ1) is 16.8. The number of carbonyl (C=O) groups is 2. The molecule has 0 bridgehead atoms. The van der Waals surface area contributed by atoms with Crippen LogP contribution in [0.25, 0.3) is 0 Å². The topological polar surface area (TPSA) is 58.6 Å². The second-order valence-corrected chi connectivity index (χ2v) is 6.32. The highest BCUT2D eigenvalue weighted by Crippen LogP contribution is 2.38. The summed E-state index contributed by atoms with van der Waals surface area (Å²) in [5, 5.41) is 2.79. The Morgan fingerprint density at radius 1 is 1.41 bits per heavy atom. The first-order valence-corrected chi connectivity index (χ1v) is 8.40. The van der Waals surface area contributed by atoms with Crippen molar-refractivity contribution in [1.82, 2.24) is 10.2 Å². The summed E-state index contributed by atoms with van der Waals surface area (Å²) in [5.74, 6) is 0.522. The predicted molar refractivity (Wildman–Crippen MR) is 87.6 cm³/mol. The van der Waals surface area contributed by atoms with Crippen molar-refractivity contribution in [2.45, 2.75) is 18.7 Å². The minimum atomic E-state index is -0.0515. The van der Waals surface area contributed by atoms with Crippen LogP contribution in [-0.2, 0) is 14.3 Å². The number of carbonyl (C=O) groups excluding carboxylic acids is 2. The number of nitrogens with one attached hydrogen (secondary N) is 1. The molecule has 0 aliphatic carbocycles. The third-order valence-corrected chi connectivity index (χ3v) is 4.79. The number of ether oxygens (including phenoxy) is 1. The minimum Gasteiger partial charge on any atom is -0.383 e. The molecule has 0 spiro atoms. The Balaban J connectivity index is 1.91. The summed E-state index contributed by atoms with van der Waals surface area (Å²) < 4.78 is 4.89. The van der Waals surface area contributed by atoms with E-state index in [1.807, 2.05) is 19.1 Å². The first-order valence-electron chi connectivity index (χ1n) is 7.35. The third kappa shape index (κ3) is 4.48. The van der Waals surface area contributed by atoms with Crippen molar-refractivity contribution in [3.05, 3.63) is 35.4 Å². The van der Waals surface area contributed by atoms with Crippen molar-refractivity contribution in [3.8, 4) is 0 Å². The Morgan fingerprint density at radius 2 is 2.14 bits per heavy atom. The molecule has 22 heavy (non-hydrogen) atoms. The van der Waals surface area contributed by atoms with E-state index in [0.29, 0.717) is 31.9 Å². The van der Waals surface area contributed by atoms with Crippen LogP contribution >= 0.6 is 11.8 Å². The van der Waals surface area contributed by atoms with E-state index in [2.05, 4.69) is 17.4 Å². The Hall–Kier alpha value is -1.53. The zero-order valence-electron chi connectivity index (χ0n) is 13.0. The SMILES string of the molecule is COCCNC(=O)CCN1C(=O)CS[C@H]1c1ccc(C)cc1.